The van der Waals surface area contributed by atoms with Crippen LogP contribution >= 0.6 is 11.6 Å². The van der Waals surface area contributed by atoms with E-state index in [1.165, 1.54) is 25.3 Å². The van der Waals surface area contributed by atoms with Crippen molar-refractivity contribution in [2.45, 2.75) is 17.4 Å². The van der Waals surface area contributed by atoms with Crippen LogP contribution in [-0.4, -0.2) is 27.5 Å². The van der Waals surface area contributed by atoms with Crippen LogP contribution in [0.25, 0.3) is 0 Å². The SMILES string of the molecule is COc1ccc(S(=O)(=O)N[C@H](Cc2ccccc2)C(=O)Nc2ccc(F)cc2F)cc1Cl. The van der Waals surface area contributed by atoms with Gasteiger partial charge in [0.2, 0.25) is 15.9 Å². The number of ether oxygens (including phenoxy) is 1. The van der Waals surface area contributed by atoms with Gasteiger partial charge >= 0.3 is 0 Å². The summed E-state index contributed by atoms with van der Waals surface area (Å²) in [6.07, 6.45) is -0.0153. The first-order valence-corrected chi connectivity index (χ1v) is 11.2. The monoisotopic (exact) mass is 480 g/mol. The molecular formula is C22H19ClF2N2O4S. The number of amides is 1. The third kappa shape index (κ3) is 5.82. The smallest absolute Gasteiger partial charge is 0.242 e. The second-order valence-electron chi connectivity index (χ2n) is 6.77. The van der Waals surface area contributed by atoms with Crippen LogP contribution in [0.4, 0.5) is 14.5 Å². The molecule has 10 heteroatoms. The largest absolute Gasteiger partial charge is 0.495 e. The van der Waals surface area contributed by atoms with Crippen LogP contribution in [0.2, 0.25) is 5.02 Å². The molecule has 0 heterocycles. The fourth-order valence-corrected chi connectivity index (χ4v) is 4.46. The number of methoxy groups -OCH3 is 1. The average molecular weight is 481 g/mol. The molecule has 0 spiro atoms. The van der Waals surface area contributed by atoms with Crippen LogP contribution in [0, 0.1) is 11.6 Å². The Morgan fingerprint density at radius 3 is 2.41 bits per heavy atom. The molecule has 0 aliphatic heterocycles. The van der Waals surface area contributed by atoms with Gasteiger partial charge in [-0.15, -0.1) is 0 Å². The Labute approximate surface area is 189 Å². The third-order valence-electron chi connectivity index (χ3n) is 4.52. The minimum atomic E-state index is -4.19. The zero-order valence-corrected chi connectivity index (χ0v) is 18.4. The lowest BCUT2D eigenvalue weighted by atomic mass is 10.1. The summed E-state index contributed by atoms with van der Waals surface area (Å²) in [6, 6.07) is 13.9. The van der Waals surface area contributed by atoms with E-state index in [4.69, 9.17) is 16.3 Å². The van der Waals surface area contributed by atoms with E-state index >= 15 is 0 Å². The molecule has 6 nitrogen and oxygen atoms in total. The van der Waals surface area contributed by atoms with Crippen LogP contribution in [0.3, 0.4) is 0 Å². The highest BCUT2D eigenvalue weighted by Crippen LogP contribution is 2.27. The number of anilines is 1. The number of carbonyl (C=O) groups excluding carboxylic acids is 1. The van der Waals surface area contributed by atoms with E-state index in [-0.39, 0.29) is 27.8 Å². The standard InChI is InChI=1S/C22H19ClF2N2O4S/c1-31-21-10-8-16(13-17(21)23)32(29,30)27-20(11-14-5-3-2-4-6-14)22(28)26-19-9-7-15(24)12-18(19)25/h2-10,12-13,20,27H,11H2,1H3,(H,26,28)/t20-/m1/s1. The predicted octanol–water partition coefficient (Wildman–Crippen LogP) is 4.16. The average Bonchev–Trinajstić information content (AvgIpc) is 2.75. The molecule has 0 saturated carbocycles. The molecule has 0 bridgehead atoms. The molecule has 2 N–H and O–H groups in total. The summed E-state index contributed by atoms with van der Waals surface area (Å²) < 4.78 is 60.4. The maximum Gasteiger partial charge on any atom is 0.242 e. The lowest BCUT2D eigenvalue weighted by Gasteiger charge is -2.19. The number of hydrogen-bond acceptors (Lipinski definition) is 4. The third-order valence-corrected chi connectivity index (χ3v) is 6.28. The first-order valence-electron chi connectivity index (χ1n) is 9.35. The van der Waals surface area contributed by atoms with Crippen LogP contribution in [0.5, 0.6) is 5.75 Å². The van der Waals surface area contributed by atoms with Crippen molar-refractivity contribution < 1.29 is 26.7 Å². The Morgan fingerprint density at radius 2 is 1.78 bits per heavy atom. The molecule has 1 atom stereocenters. The quantitative estimate of drug-likeness (QED) is 0.507. The lowest BCUT2D eigenvalue weighted by Crippen LogP contribution is -2.45. The topological polar surface area (TPSA) is 84.5 Å². The summed E-state index contributed by atoms with van der Waals surface area (Å²) in [5.41, 5.74) is 0.392. The zero-order chi connectivity index (χ0) is 23.3. The zero-order valence-electron chi connectivity index (χ0n) is 16.8. The summed E-state index contributed by atoms with van der Waals surface area (Å²) in [4.78, 5) is 12.7. The molecule has 0 aliphatic carbocycles. The first kappa shape index (κ1) is 23.6. The highest BCUT2D eigenvalue weighted by atomic mass is 35.5. The maximum atomic E-state index is 14.0. The number of hydrogen-bond donors (Lipinski definition) is 2. The number of carbonyl (C=O) groups is 1. The van der Waals surface area contributed by atoms with E-state index in [0.29, 0.717) is 11.6 Å². The number of sulfonamides is 1. The van der Waals surface area contributed by atoms with Gasteiger partial charge in [-0.3, -0.25) is 4.79 Å². The van der Waals surface area contributed by atoms with E-state index in [0.717, 1.165) is 12.1 Å². The Morgan fingerprint density at radius 1 is 1.06 bits per heavy atom. The van der Waals surface area contributed by atoms with Gasteiger partial charge in [0, 0.05) is 6.07 Å². The van der Waals surface area contributed by atoms with Crippen LogP contribution in [0.15, 0.2) is 71.6 Å². The van der Waals surface area contributed by atoms with Gasteiger partial charge in [-0.2, -0.15) is 4.72 Å². The van der Waals surface area contributed by atoms with E-state index in [1.807, 2.05) is 0 Å². The van der Waals surface area contributed by atoms with Gasteiger partial charge < -0.3 is 10.1 Å². The Hall–Kier alpha value is -3.01. The molecule has 0 aliphatic rings. The molecule has 0 saturated heterocycles. The Balaban J connectivity index is 1.89. The summed E-state index contributed by atoms with van der Waals surface area (Å²) in [5.74, 6) is -2.32. The predicted molar refractivity (Wildman–Crippen MR) is 117 cm³/mol. The van der Waals surface area contributed by atoms with E-state index in [1.54, 1.807) is 30.3 Å². The van der Waals surface area contributed by atoms with Crippen molar-refractivity contribution in [1.82, 2.24) is 4.72 Å². The molecule has 1 amide bonds. The van der Waals surface area contributed by atoms with Crippen LogP contribution in [0.1, 0.15) is 5.56 Å². The van der Waals surface area contributed by atoms with Gasteiger partial charge in [-0.25, -0.2) is 17.2 Å². The summed E-state index contributed by atoms with van der Waals surface area (Å²) in [5, 5.41) is 2.38. The van der Waals surface area contributed by atoms with Crippen molar-refractivity contribution in [3.05, 3.63) is 89.0 Å². The van der Waals surface area contributed by atoms with Crippen LogP contribution < -0.4 is 14.8 Å². The molecule has 0 fully saturated rings. The van der Waals surface area contributed by atoms with Crippen molar-refractivity contribution in [2.75, 3.05) is 12.4 Å². The number of rotatable bonds is 8. The highest BCUT2D eigenvalue weighted by molar-refractivity contribution is 7.89. The van der Waals surface area contributed by atoms with Gasteiger partial charge in [0.05, 0.1) is 22.7 Å². The number of nitrogens with one attached hydrogen (secondary N) is 2. The molecule has 0 radical (unpaired) electrons. The van der Waals surface area contributed by atoms with Crippen molar-refractivity contribution in [3.63, 3.8) is 0 Å². The van der Waals surface area contributed by atoms with Crippen LogP contribution in [-0.2, 0) is 21.2 Å². The Bertz CT molecular complexity index is 1220. The van der Waals surface area contributed by atoms with Gasteiger partial charge in [0.15, 0.2) is 0 Å². The van der Waals surface area contributed by atoms with E-state index < -0.39 is 33.6 Å². The minimum absolute atomic E-state index is 0.0153. The fourth-order valence-electron chi connectivity index (χ4n) is 2.92. The first-order chi connectivity index (χ1) is 15.2. The van der Waals surface area contributed by atoms with Gasteiger partial charge in [-0.05, 0) is 42.3 Å². The number of halogens is 3. The summed E-state index contributed by atoms with van der Waals surface area (Å²) >= 11 is 6.03. The molecule has 32 heavy (non-hydrogen) atoms. The van der Waals surface area contributed by atoms with Gasteiger partial charge in [-0.1, -0.05) is 41.9 Å². The van der Waals surface area contributed by atoms with Gasteiger partial charge in [0.1, 0.15) is 23.4 Å². The molecule has 0 unspecified atom stereocenters. The maximum absolute atomic E-state index is 14.0. The molecule has 3 aromatic rings. The highest BCUT2D eigenvalue weighted by Gasteiger charge is 2.27. The molecule has 3 rings (SSSR count). The second-order valence-corrected chi connectivity index (χ2v) is 8.89. The van der Waals surface area contributed by atoms with E-state index in [9.17, 15) is 22.0 Å². The molecule has 0 aromatic heterocycles. The fraction of sp³-hybridized carbons (Fsp3) is 0.136. The summed E-state index contributed by atoms with van der Waals surface area (Å²) in [6.45, 7) is 0. The summed E-state index contributed by atoms with van der Waals surface area (Å²) in [7, 11) is -2.79. The molecule has 3 aromatic carbocycles. The normalized spacial score (nSPS) is 12.2. The van der Waals surface area contributed by atoms with Crippen molar-refractivity contribution in [3.8, 4) is 5.75 Å². The molecule has 168 valence electrons. The second kappa shape index (κ2) is 10.1. The lowest BCUT2D eigenvalue weighted by molar-refractivity contribution is -0.117. The Kier molecular flexibility index (Phi) is 7.44. The van der Waals surface area contributed by atoms with E-state index in [2.05, 4.69) is 10.0 Å². The van der Waals surface area contributed by atoms with Crippen molar-refractivity contribution >= 4 is 33.2 Å². The minimum Gasteiger partial charge on any atom is -0.495 e. The van der Waals surface area contributed by atoms with Gasteiger partial charge in [0.25, 0.3) is 0 Å². The van der Waals surface area contributed by atoms with Crippen molar-refractivity contribution in [2.24, 2.45) is 0 Å². The molecular weight excluding hydrogens is 462 g/mol. The number of benzene rings is 3. The van der Waals surface area contributed by atoms with Crippen molar-refractivity contribution in [1.29, 1.82) is 0 Å².